The third-order valence-corrected chi connectivity index (χ3v) is 2.94. The normalized spacial score (nSPS) is 20.7. The van der Waals surface area contributed by atoms with Gasteiger partial charge >= 0.3 is 0 Å². The summed E-state index contributed by atoms with van der Waals surface area (Å²) in [6.45, 7) is 1.80. The standard InChI is InChI=1S/C11H16ClN3O/c12-10-4-5-11(15-14-10)16-8-6-9-3-1-2-7-13-9/h4-5,9,13H,1-3,6-8H2. The van der Waals surface area contributed by atoms with Crippen LogP contribution in [0.1, 0.15) is 25.7 Å². The van der Waals surface area contributed by atoms with Crippen molar-refractivity contribution < 1.29 is 4.74 Å². The maximum Gasteiger partial charge on any atom is 0.233 e. The molecule has 88 valence electrons. The second-order valence-electron chi connectivity index (χ2n) is 3.98. The van der Waals surface area contributed by atoms with E-state index in [0.29, 0.717) is 23.7 Å². The molecule has 0 aromatic carbocycles. The molecule has 2 rings (SSSR count). The second-order valence-corrected chi connectivity index (χ2v) is 4.37. The maximum absolute atomic E-state index is 5.63. The molecule has 1 aliphatic heterocycles. The zero-order valence-corrected chi connectivity index (χ0v) is 9.91. The van der Waals surface area contributed by atoms with Crippen LogP contribution in [0.15, 0.2) is 12.1 Å². The van der Waals surface area contributed by atoms with Crippen LogP contribution in [0.2, 0.25) is 5.15 Å². The van der Waals surface area contributed by atoms with E-state index >= 15 is 0 Å². The van der Waals surface area contributed by atoms with Crippen LogP contribution in [0.25, 0.3) is 0 Å². The van der Waals surface area contributed by atoms with Crippen LogP contribution in [0, 0.1) is 0 Å². The Morgan fingerprint density at radius 1 is 1.38 bits per heavy atom. The monoisotopic (exact) mass is 241 g/mol. The molecule has 0 amide bonds. The lowest BCUT2D eigenvalue weighted by Crippen LogP contribution is -2.35. The summed E-state index contributed by atoms with van der Waals surface area (Å²) in [7, 11) is 0. The first-order chi connectivity index (χ1) is 7.84. The van der Waals surface area contributed by atoms with Crippen molar-refractivity contribution >= 4 is 11.6 Å². The van der Waals surface area contributed by atoms with Gasteiger partial charge in [0.1, 0.15) is 0 Å². The molecule has 1 fully saturated rings. The van der Waals surface area contributed by atoms with Crippen molar-refractivity contribution in [3.8, 4) is 5.88 Å². The van der Waals surface area contributed by atoms with E-state index in [2.05, 4.69) is 15.5 Å². The number of aromatic nitrogens is 2. The summed E-state index contributed by atoms with van der Waals surface area (Å²) in [6, 6.07) is 4.01. The molecule has 16 heavy (non-hydrogen) atoms. The first-order valence-corrected chi connectivity index (χ1v) is 6.08. The van der Waals surface area contributed by atoms with Crippen molar-refractivity contribution in [3.63, 3.8) is 0 Å². The molecule has 5 heteroatoms. The van der Waals surface area contributed by atoms with Gasteiger partial charge in [-0.15, -0.1) is 10.2 Å². The molecule has 0 spiro atoms. The molecule has 4 nitrogen and oxygen atoms in total. The lowest BCUT2D eigenvalue weighted by molar-refractivity contribution is 0.258. The minimum absolute atomic E-state index is 0.390. The zero-order chi connectivity index (χ0) is 11.2. The molecule has 2 heterocycles. The molecule has 1 aliphatic rings. The quantitative estimate of drug-likeness (QED) is 0.877. The Morgan fingerprint density at radius 2 is 2.31 bits per heavy atom. The Bertz CT molecular complexity index is 312. The smallest absolute Gasteiger partial charge is 0.233 e. The average molecular weight is 242 g/mol. The van der Waals surface area contributed by atoms with Gasteiger partial charge in [0.05, 0.1) is 6.61 Å². The average Bonchev–Trinajstić information content (AvgIpc) is 2.33. The molecule has 1 atom stereocenters. The van der Waals surface area contributed by atoms with Gasteiger partial charge in [0.2, 0.25) is 5.88 Å². The van der Waals surface area contributed by atoms with Crippen molar-refractivity contribution in [1.82, 2.24) is 15.5 Å². The van der Waals surface area contributed by atoms with E-state index in [9.17, 15) is 0 Å². The van der Waals surface area contributed by atoms with E-state index in [0.717, 1.165) is 13.0 Å². The molecule has 1 N–H and O–H groups in total. The third-order valence-electron chi connectivity index (χ3n) is 2.74. The summed E-state index contributed by atoms with van der Waals surface area (Å²) in [5, 5.41) is 11.4. The van der Waals surface area contributed by atoms with Crippen LogP contribution in [0.4, 0.5) is 0 Å². The highest BCUT2D eigenvalue weighted by Crippen LogP contribution is 2.12. The molecule has 0 radical (unpaired) electrons. The Labute approximate surface area is 100 Å². The number of halogens is 1. The first kappa shape index (κ1) is 11.6. The van der Waals surface area contributed by atoms with Crippen molar-refractivity contribution in [2.45, 2.75) is 31.7 Å². The van der Waals surface area contributed by atoms with Crippen LogP contribution in [-0.2, 0) is 0 Å². The topological polar surface area (TPSA) is 47.0 Å². The summed E-state index contributed by atoms with van der Waals surface area (Å²) < 4.78 is 5.49. The lowest BCUT2D eigenvalue weighted by Gasteiger charge is -2.23. The Kier molecular flexibility index (Phi) is 4.36. The molecule has 1 unspecified atom stereocenters. The summed E-state index contributed by atoms with van der Waals surface area (Å²) >= 11 is 5.63. The summed E-state index contributed by atoms with van der Waals surface area (Å²) in [5.74, 6) is 0.542. The highest BCUT2D eigenvalue weighted by Gasteiger charge is 2.12. The van der Waals surface area contributed by atoms with Gasteiger partial charge in [0.15, 0.2) is 5.15 Å². The van der Waals surface area contributed by atoms with Crippen LogP contribution in [0.3, 0.4) is 0 Å². The number of nitrogens with zero attached hydrogens (tertiary/aromatic N) is 2. The molecular weight excluding hydrogens is 226 g/mol. The number of piperidine rings is 1. The van der Waals surface area contributed by atoms with Gasteiger partial charge in [-0.25, -0.2) is 0 Å². The highest BCUT2D eigenvalue weighted by molar-refractivity contribution is 6.29. The first-order valence-electron chi connectivity index (χ1n) is 5.70. The molecule has 1 saturated heterocycles. The van der Waals surface area contributed by atoms with Crippen molar-refractivity contribution in [2.24, 2.45) is 0 Å². The summed E-state index contributed by atoms with van der Waals surface area (Å²) in [4.78, 5) is 0. The van der Waals surface area contributed by atoms with E-state index in [1.165, 1.54) is 19.3 Å². The van der Waals surface area contributed by atoms with Gasteiger partial charge in [-0.1, -0.05) is 18.0 Å². The zero-order valence-electron chi connectivity index (χ0n) is 9.16. The van der Waals surface area contributed by atoms with Gasteiger partial charge in [-0.05, 0) is 31.9 Å². The van der Waals surface area contributed by atoms with Gasteiger partial charge in [0.25, 0.3) is 0 Å². The van der Waals surface area contributed by atoms with Gasteiger partial charge in [-0.2, -0.15) is 0 Å². The fourth-order valence-corrected chi connectivity index (χ4v) is 1.96. The van der Waals surface area contributed by atoms with Gasteiger partial charge in [0, 0.05) is 12.1 Å². The van der Waals surface area contributed by atoms with Crippen molar-refractivity contribution in [3.05, 3.63) is 17.3 Å². The molecule has 0 bridgehead atoms. The fraction of sp³-hybridized carbons (Fsp3) is 0.636. The van der Waals surface area contributed by atoms with E-state index in [1.54, 1.807) is 12.1 Å². The minimum atomic E-state index is 0.390. The number of nitrogens with one attached hydrogen (secondary N) is 1. The molecule has 1 aromatic rings. The Hall–Kier alpha value is -0.870. The summed E-state index contributed by atoms with van der Waals surface area (Å²) in [6.07, 6.45) is 4.87. The number of hydrogen-bond acceptors (Lipinski definition) is 4. The van der Waals surface area contributed by atoms with E-state index in [4.69, 9.17) is 16.3 Å². The van der Waals surface area contributed by atoms with Crippen LogP contribution < -0.4 is 10.1 Å². The van der Waals surface area contributed by atoms with E-state index < -0.39 is 0 Å². The SMILES string of the molecule is Clc1ccc(OCCC2CCCCN2)nn1. The van der Waals surface area contributed by atoms with Crippen LogP contribution in [0.5, 0.6) is 5.88 Å². The predicted molar refractivity (Wildman–Crippen MR) is 62.8 cm³/mol. The van der Waals surface area contributed by atoms with Gasteiger partial charge < -0.3 is 10.1 Å². The Balaban J connectivity index is 1.69. The molecule has 0 saturated carbocycles. The maximum atomic E-state index is 5.63. The number of ether oxygens (including phenoxy) is 1. The molecule has 1 aromatic heterocycles. The second kappa shape index (κ2) is 6.01. The predicted octanol–water partition coefficient (Wildman–Crippen LogP) is 2.04. The molecule has 0 aliphatic carbocycles. The van der Waals surface area contributed by atoms with Gasteiger partial charge in [-0.3, -0.25) is 0 Å². The fourth-order valence-electron chi connectivity index (χ4n) is 1.86. The third kappa shape index (κ3) is 3.61. The van der Waals surface area contributed by atoms with Crippen LogP contribution in [-0.4, -0.2) is 29.4 Å². The van der Waals surface area contributed by atoms with Crippen molar-refractivity contribution in [2.75, 3.05) is 13.2 Å². The van der Waals surface area contributed by atoms with E-state index in [1.807, 2.05) is 0 Å². The number of hydrogen-bond donors (Lipinski definition) is 1. The summed E-state index contributed by atoms with van der Waals surface area (Å²) in [5.41, 5.74) is 0. The van der Waals surface area contributed by atoms with Crippen LogP contribution >= 0.6 is 11.6 Å². The lowest BCUT2D eigenvalue weighted by atomic mass is 10.0. The largest absolute Gasteiger partial charge is 0.477 e. The number of rotatable bonds is 4. The highest BCUT2D eigenvalue weighted by atomic mass is 35.5. The van der Waals surface area contributed by atoms with E-state index in [-0.39, 0.29) is 0 Å². The minimum Gasteiger partial charge on any atom is -0.477 e. The molecular formula is C11H16ClN3O. The Morgan fingerprint density at radius 3 is 3.00 bits per heavy atom. The van der Waals surface area contributed by atoms with Crippen molar-refractivity contribution in [1.29, 1.82) is 0 Å².